The number of rotatable bonds is 3. The highest BCUT2D eigenvalue weighted by Gasteiger charge is 2.52. The van der Waals surface area contributed by atoms with Crippen molar-refractivity contribution in [3.8, 4) is 0 Å². The van der Waals surface area contributed by atoms with Gasteiger partial charge < -0.3 is 5.11 Å². The Morgan fingerprint density at radius 1 is 1.47 bits per heavy atom. The Balaban J connectivity index is 2.30. The van der Waals surface area contributed by atoms with Gasteiger partial charge in [0.2, 0.25) is 0 Å². The quantitative estimate of drug-likeness (QED) is 0.875. The van der Waals surface area contributed by atoms with Crippen molar-refractivity contribution >= 4 is 5.97 Å². The van der Waals surface area contributed by atoms with E-state index in [2.05, 4.69) is 13.8 Å². The highest BCUT2D eigenvalue weighted by Crippen LogP contribution is 2.50. The summed E-state index contributed by atoms with van der Waals surface area (Å²) in [5.74, 6) is -0.290. The molecule has 0 aromatic heterocycles. The predicted octanol–water partition coefficient (Wildman–Crippen LogP) is 3.21. The average molecular weight is 236 g/mol. The minimum atomic E-state index is -0.864. The zero-order chi connectivity index (χ0) is 12.6. The molecule has 3 heteroatoms. The Morgan fingerprint density at radius 2 is 2.12 bits per heavy atom. The van der Waals surface area contributed by atoms with Crippen LogP contribution in [0.2, 0.25) is 0 Å². The number of hydrogen-bond donors (Lipinski definition) is 1. The lowest BCUT2D eigenvalue weighted by atomic mass is 9.56. The van der Waals surface area contributed by atoms with Crippen molar-refractivity contribution in [1.29, 1.82) is 0 Å². The number of aliphatic carboxylic acids is 1. The highest BCUT2D eigenvalue weighted by molar-refractivity contribution is 5.82. The average Bonchev–Trinajstić information content (AvgIpc) is 2.14. The molecular weight excluding hydrogens is 219 g/mol. The smallest absolute Gasteiger partial charge is 0.314 e. The Morgan fingerprint density at radius 3 is 2.59 bits per heavy atom. The second-order valence-electron chi connectivity index (χ2n) is 5.31. The van der Waals surface area contributed by atoms with E-state index in [0.29, 0.717) is 30.2 Å². The van der Waals surface area contributed by atoms with Crippen LogP contribution < -0.4 is 0 Å². The van der Waals surface area contributed by atoms with Gasteiger partial charge in [-0.25, -0.2) is 4.39 Å². The summed E-state index contributed by atoms with van der Waals surface area (Å²) < 4.78 is 13.2. The summed E-state index contributed by atoms with van der Waals surface area (Å²) in [4.78, 5) is 11.5. The van der Waals surface area contributed by atoms with E-state index in [4.69, 9.17) is 0 Å². The first kappa shape index (κ1) is 12.1. The van der Waals surface area contributed by atoms with E-state index in [1.165, 1.54) is 12.1 Å². The van der Waals surface area contributed by atoms with Gasteiger partial charge >= 0.3 is 5.97 Å². The van der Waals surface area contributed by atoms with Gasteiger partial charge in [-0.2, -0.15) is 0 Å². The Hall–Kier alpha value is -1.38. The fraction of sp³-hybridized carbons (Fsp3) is 0.500. The summed E-state index contributed by atoms with van der Waals surface area (Å²) in [6, 6.07) is 5.99. The lowest BCUT2D eigenvalue weighted by Crippen LogP contribution is -2.49. The second kappa shape index (κ2) is 4.13. The van der Waals surface area contributed by atoms with Crippen molar-refractivity contribution in [3.63, 3.8) is 0 Å². The van der Waals surface area contributed by atoms with E-state index in [0.717, 1.165) is 0 Å². The summed E-state index contributed by atoms with van der Waals surface area (Å²) in [5, 5.41) is 9.41. The highest BCUT2D eigenvalue weighted by atomic mass is 19.1. The molecule has 1 aromatic rings. The molecule has 0 unspecified atom stereocenters. The van der Waals surface area contributed by atoms with Gasteiger partial charge in [0.1, 0.15) is 5.82 Å². The van der Waals surface area contributed by atoms with Crippen LogP contribution in [-0.4, -0.2) is 11.1 Å². The minimum Gasteiger partial charge on any atom is -0.481 e. The van der Waals surface area contributed by atoms with E-state index >= 15 is 0 Å². The monoisotopic (exact) mass is 236 g/mol. The van der Waals surface area contributed by atoms with Gasteiger partial charge in [0.15, 0.2) is 0 Å². The van der Waals surface area contributed by atoms with Gasteiger partial charge in [-0.05, 0) is 42.4 Å². The van der Waals surface area contributed by atoms with Gasteiger partial charge in [0.05, 0.1) is 5.41 Å². The maximum Gasteiger partial charge on any atom is 0.314 e. The summed E-state index contributed by atoms with van der Waals surface area (Å²) in [7, 11) is 0. The molecule has 0 saturated heterocycles. The zero-order valence-corrected chi connectivity index (χ0v) is 10.1. The molecule has 1 N–H and O–H groups in total. The van der Waals surface area contributed by atoms with Gasteiger partial charge in [0, 0.05) is 0 Å². The molecule has 1 aromatic carbocycles. The third-order valence-electron chi connectivity index (χ3n) is 3.95. The molecule has 0 radical (unpaired) electrons. The molecule has 0 bridgehead atoms. The van der Waals surface area contributed by atoms with Crippen LogP contribution in [0.5, 0.6) is 0 Å². The fourth-order valence-electron chi connectivity index (χ4n) is 2.63. The maximum atomic E-state index is 13.2. The first-order chi connectivity index (χ1) is 7.95. The van der Waals surface area contributed by atoms with Crippen LogP contribution in [-0.2, 0) is 10.2 Å². The van der Waals surface area contributed by atoms with E-state index in [9.17, 15) is 14.3 Å². The van der Waals surface area contributed by atoms with Crippen LogP contribution in [0.25, 0.3) is 0 Å². The number of carbonyl (C=O) groups is 1. The molecule has 1 fully saturated rings. The van der Waals surface area contributed by atoms with Gasteiger partial charge in [-0.15, -0.1) is 0 Å². The molecule has 1 aliphatic rings. The molecule has 2 rings (SSSR count). The van der Waals surface area contributed by atoms with Gasteiger partial charge in [-0.1, -0.05) is 26.0 Å². The standard InChI is InChI=1S/C14H17FO2/c1-9(2)10-7-14(8-10,13(16)17)11-4-3-5-12(15)6-11/h3-6,9-10H,7-8H2,1-2H3,(H,16,17). The summed E-state index contributed by atoms with van der Waals surface area (Å²) in [5.41, 5.74) is -0.265. The Kier molecular flexibility index (Phi) is 2.94. The molecule has 0 spiro atoms. The normalized spacial score (nSPS) is 27.9. The molecule has 0 atom stereocenters. The SMILES string of the molecule is CC(C)C1CC(C(=O)O)(c2cccc(F)c2)C1. The molecule has 92 valence electrons. The van der Waals surface area contributed by atoms with Crippen LogP contribution in [0.15, 0.2) is 24.3 Å². The largest absolute Gasteiger partial charge is 0.481 e. The van der Waals surface area contributed by atoms with Crippen LogP contribution in [0.3, 0.4) is 0 Å². The Labute approximate surface area is 100 Å². The molecular formula is C14H17FO2. The Bertz CT molecular complexity index is 434. The summed E-state index contributed by atoms with van der Waals surface area (Å²) >= 11 is 0. The number of hydrogen-bond acceptors (Lipinski definition) is 1. The molecule has 0 heterocycles. The third-order valence-corrected chi connectivity index (χ3v) is 3.95. The van der Waals surface area contributed by atoms with E-state index < -0.39 is 11.4 Å². The van der Waals surface area contributed by atoms with E-state index in [1.54, 1.807) is 12.1 Å². The predicted molar refractivity (Wildman–Crippen MR) is 63.3 cm³/mol. The number of benzene rings is 1. The maximum absolute atomic E-state index is 13.2. The number of carboxylic acid groups (broad SMARTS) is 1. The lowest BCUT2D eigenvalue weighted by Gasteiger charge is -2.46. The zero-order valence-electron chi connectivity index (χ0n) is 10.1. The molecule has 1 saturated carbocycles. The topological polar surface area (TPSA) is 37.3 Å². The van der Waals surface area contributed by atoms with Crippen molar-refractivity contribution in [2.45, 2.75) is 32.1 Å². The first-order valence-electron chi connectivity index (χ1n) is 5.95. The number of carboxylic acids is 1. The van der Waals surface area contributed by atoms with Gasteiger partial charge in [0.25, 0.3) is 0 Å². The van der Waals surface area contributed by atoms with Crippen molar-refractivity contribution in [2.24, 2.45) is 11.8 Å². The third kappa shape index (κ3) is 1.94. The first-order valence-corrected chi connectivity index (χ1v) is 5.95. The van der Waals surface area contributed by atoms with Crippen molar-refractivity contribution in [3.05, 3.63) is 35.6 Å². The van der Waals surface area contributed by atoms with Crippen molar-refractivity contribution in [1.82, 2.24) is 0 Å². The summed E-state index contributed by atoms with van der Waals surface area (Å²) in [6.07, 6.45) is 1.23. The molecule has 1 aliphatic carbocycles. The molecule has 0 amide bonds. The molecule has 17 heavy (non-hydrogen) atoms. The van der Waals surface area contributed by atoms with Crippen LogP contribution in [0.1, 0.15) is 32.3 Å². The second-order valence-corrected chi connectivity index (χ2v) is 5.31. The van der Waals surface area contributed by atoms with Crippen molar-refractivity contribution in [2.75, 3.05) is 0 Å². The summed E-state index contributed by atoms with van der Waals surface area (Å²) in [6.45, 7) is 4.20. The van der Waals surface area contributed by atoms with E-state index in [-0.39, 0.29) is 5.82 Å². The van der Waals surface area contributed by atoms with Crippen molar-refractivity contribution < 1.29 is 14.3 Å². The van der Waals surface area contributed by atoms with Gasteiger partial charge in [-0.3, -0.25) is 4.79 Å². The molecule has 2 nitrogen and oxygen atoms in total. The molecule has 0 aliphatic heterocycles. The van der Waals surface area contributed by atoms with Crippen LogP contribution in [0, 0.1) is 17.7 Å². The fourth-order valence-corrected chi connectivity index (χ4v) is 2.63. The van der Waals surface area contributed by atoms with Crippen LogP contribution >= 0.6 is 0 Å². The minimum absolute atomic E-state index is 0.365. The van der Waals surface area contributed by atoms with Crippen LogP contribution in [0.4, 0.5) is 4.39 Å². The lowest BCUT2D eigenvalue weighted by molar-refractivity contribution is -0.150. The van der Waals surface area contributed by atoms with E-state index in [1.807, 2.05) is 0 Å². The number of halogens is 1.